The molecule has 0 aliphatic heterocycles. The third kappa shape index (κ3) is 4.90. The van der Waals surface area contributed by atoms with Crippen molar-refractivity contribution < 1.29 is 9.59 Å². The van der Waals surface area contributed by atoms with Gasteiger partial charge in [0.05, 0.1) is 12.4 Å². The topological polar surface area (TPSA) is 82.9 Å². The molecule has 2 heterocycles. The molecule has 0 bridgehead atoms. The second-order valence-corrected chi connectivity index (χ2v) is 6.93. The second-order valence-electron chi connectivity index (χ2n) is 4.30. The van der Waals surface area contributed by atoms with E-state index in [0.717, 1.165) is 19.5 Å². The first-order valence-corrected chi connectivity index (χ1v) is 7.97. The first kappa shape index (κ1) is 16.1. The summed E-state index contributed by atoms with van der Waals surface area (Å²) in [7, 11) is 0. The van der Waals surface area contributed by atoms with Crippen molar-refractivity contribution in [1.29, 1.82) is 0 Å². The van der Waals surface area contributed by atoms with E-state index >= 15 is 0 Å². The van der Waals surface area contributed by atoms with Crippen molar-refractivity contribution in [1.82, 2.24) is 10.9 Å². The molecule has 2 aromatic heterocycles. The Morgan fingerprint density at radius 3 is 1.59 bits per heavy atom. The molecular formula is C14H14N4O2S2. The maximum Gasteiger partial charge on any atom is 0.331 e. The number of amides is 2. The first-order chi connectivity index (χ1) is 10.5. The molecule has 0 aliphatic rings. The average molecular weight is 334 g/mol. The van der Waals surface area contributed by atoms with Crippen LogP contribution in [0.3, 0.4) is 0 Å². The van der Waals surface area contributed by atoms with Gasteiger partial charge in [-0.15, -0.1) is 22.7 Å². The van der Waals surface area contributed by atoms with Crippen molar-refractivity contribution in [3.8, 4) is 0 Å². The van der Waals surface area contributed by atoms with Crippen LogP contribution in [0, 0.1) is 13.8 Å². The van der Waals surface area contributed by atoms with Crippen LogP contribution in [-0.2, 0) is 9.59 Å². The van der Waals surface area contributed by atoms with Crippen molar-refractivity contribution in [3.63, 3.8) is 0 Å². The number of rotatable bonds is 4. The molecule has 0 saturated heterocycles. The highest BCUT2D eigenvalue weighted by Gasteiger charge is 2.11. The van der Waals surface area contributed by atoms with Crippen molar-refractivity contribution in [2.75, 3.05) is 0 Å². The zero-order chi connectivity index (χ0) is 15.9. The molecule has 114 valence electrons. The molecule has 0 aromatic carbocycles. The van der Waals surface area contributed by atoms with Crippen molar-refractivity contribution in [2.45, 2.75) is 13.8 Å². The summed E-state index contributed by atoms with van der Waals surface area (Å²) in [6.07, 6.45) is 2.97. The largest absolute Gasteiger partial charge is 0.331 e. The van der Waals surface area contributed by atoms with Crippen LogP contribution in [0.2, 0.25) is 0 Å². The minimum Gasteiger partial charge on any atom is -0.262 e. The summed E-state index contributed by atoms with van der Waals surface area (Å²) < 4.78 is 0. The molecule has 0 unspecified atom stereocenters. The molecule has 0 saturated carbocycles. The van der Waals surface area contributed by atoms with E-state index < -0.39 is 11.8 Å². The summed E-state index contributed by atoms with van der Waals surface area (Å²) in [5.41, 5.74) is 4.29. The predicted octanol–water partition coefficient (Wildman–Crippen LogP) is 2.03. The van der Waals surface area contributed by atoms with Gasteiger partial charge in [-0.05, 0) is 38.1 Å². The van der Waals surface area contributed by atoms with Gasteiger partial charge in [-0.1, -0.05) is 0 Å². The number of carbonyl (C=O) groups excluding carboxylic acids is 2. The van der Waals surface area contributed by atoms with Gasteiger partial charge in [-0.25, -0.2) is 10.9 Å². The number of hydrazone groups is 2. The lowest BCUT2D eigenvalue weighted by Gasteiger charge is -1.97. The smallest absolute Gasteiger partial charge is 0.262 e. The van der Waals surface area contributed by atoms with Gasteiger partial charge in [-0.2, -0.15) is 10.2 Å². The Morgan fingerprint density at radius 2 is 1.27 bits per heavy atom. The number of nitrogens with zero attached hydrogens (tertiary/aromatic N) is 2. The minimum atomic E-state index is -0.871. The molecular weight excluding hydrogens is 320 g/mol. The lowest BCUT2D eigenvalue weighted by atomic mass is 10.4. The average Bonchev–Trinajstić information content (AvgIpc) is 3.07. The van der Waals surface area contributed by atoms with E-state index in [4.69, 9.17) is 0 Å². The Bertz CT molecular complexity index is 669. The molecule has 0 spiro atoms. The van der Waals surface area contributed by atoms with E-state index in [1.54, 1.807) is 0 Å². The zero-order valence-corrected chi connectivity index (χ0v) is 13.6. The normalized spacial score (nSPS) is 11.2. The Morgan fingerprint density at radius 1 is 0.864 bits per heavy atom. The molecule has 0 atom stereocenters. The third-order valence-electron chi connectivity index (χ3n) is 2.44. The van der Waals surface area contributed by atoms with Crippen LogP contribution in [0.15, 0.2) is 34.5 Å². The summed E-state index contributed by atoms with van der Waals surface area (Å²) >= 11 is 3.08. The van der Waals surface area contributed by atoms with Gasteiger partial charge in [0.2, 0.25) is 0 Å². The van der Waals surface area contributed by atoms with E-state index in [0.29, 0.717) is 0 Å². The van der Waals surface area contributed by atoms with Gasteiger partial charge < -0.3 is 0 Å². The van der Waals surface area contributed by atoms with Gasteiger partial charge >= 0.3 is 11.8 Å². The molecule has 2 rings (SSSR count). The highest BCUT2D eigenvalue weighted by Crippen LogP contribution is 2.12. The van der Waals surface area contributed by atoms with E-state index in [-0.39, 0.29) is 0 Å². The summed E-state index contributed by atoms with van der Waals surface area (Å²) in [4.78, 5) is 27.0. The number of carbonyl (C=O) groups is 2. The van der Waals surface area contributed by atoms with Crippen LogP contribution in [0.4, 0.5) is 0 Å². The van der Waals surface area contributed by atoms with Crippen molar-refractivity contribution in [2.24, 2.45) is 10.2 Å². The van der Waals surface area contributed by atoms with Gasteiger partial charge in [0.15, 0.2) is 0 Å². The molecule has 2 amide bonds. The SMILES string of the molecule is Cc1ccc(/C=N\NC(=O)C(=O)N/N=C\c2ccc(C)s2)s1. The molecule has 6 nitrogen and oxygen atoms in total. The van der Waals surface area contributed by atoms with Crippen LogP contribution in [0.5, 0.6) is 0 Å². The van der Waals surface area contributed by atoms with Gasteiger partial charge in [0.1, 0.15) is 0 Å². The van der Waals surface area contributed by atoms with Crippen molar-refractivity contribution in [3.05, 3.63) is 43.8 Å². The third-order valence-corrected chi connectivity index (χ3v) is 4.31. The fourth-order valence-corrected chi connectivity index (χ4v) is 2.95. The maximum atomic E-state index is 11.5. The van der Waals surface area contributed by atoms with E-state index in [1.165, 1.54) is 35.1 Å². The van der Waals surface area contributed by atoms with Crippen LogP contribution < -0.4 is 10.9 Å². The van der Waals surface area contributed by atoms with Gasteiger partial charge in [0, 0.05) is 19.5 Å². The van der Waals surface area contributed by atoms with E-state index in [9.17, 15) is 9.59 Å². The Balaban J connectivity index is 1.78. The molecule has 0 fully saturated rings. The number of nitrogens with one attached hydrogen (secondary N) is 2. The summed E-state index contributed by atoms with van der Waals surface area (Å²) in [5.74, 6) is -1.74. The summed E-state index contributed by atoms with van der Waals surface area (Å²) in [6.45, 7) is 3.95. The van der Waals surface area contributed by atoms with Crippen LogP contribution >= 0.6 is 22.7 Å². The van der Waals surface area contributed by atoms with E-state index in [1.807, 2.05) is 38.1 Å². The van der Waals surface area contributed by atoms with E-state index in [2.05, 4.69) is 21.1 Å². The molecule has 2 N–H and O–H groups in total. The monoisotopic (exact) mass is 334 g/mol. The molecule has 22 heavy (non-hydrogen) atoms. The van der Waals surface area contributed by atoms with Crippen LogP contribution in [0.1, 0.15) is 19.5 Å². The Hall–Kier alpha value is -2.32. The fourth-order valence-electron chi connectivity index (χ4n) is 1.46. The quantitative estimate of drug-likeness (QED) is 0.509. The number of hydrogen-bond donors (Lipinski definition) is 2. The van der Waals surface area contributed by atoms with Crippen LogP contribution in [-0.4, -0.2) is 24.2 Å². The Labute approximate surface area is 135 Å². The number of thiophene rings is 2. The Kier molecular flexibility index (Phi) is 5.56. The molecule has 0 radical (unpaired) electrons. The highest BCUT2D eigenvalue weighted by molar-refractivity contribution is 7.13. The zero-order valence-electron chi connectivity index (χ0n) is 12.0. The lowest BCUT2D eigenvalue weighted by molar-refractivity contribution is -0.139. The number of hydrogen-bond acceptors (Lipinski definition) is 6. The predicted molar refractivity (Wildman–Crippen MR) is 89.6 cm³/mol. The highest BCUT2D eigenvalue weighted by atomic mass is 32.1. The van der Waals surface area contributed by atoms with Crippen molar-refractivity contribution >= 4 is 46.9 Å². The lowest BCUT2D eigenvalue weighted by Crippen LogP contribution is -2.35. The maximum absolute atomic E-state index is 11.5. The van der Waals surface area contributed by atoms with Crippen LogP contribution in [0.25, 0.3) is 0 Å². The summed E-state index contributed by atoms with van der Waals surface area (Å²) in [5, 5.41) is 7.44. The number of aryl methyl sites for hydroxylation is 2. The van der Waals surface area contributed by atoms with Gasteiger partial charge in [-0.3, -0.25) is 9.59 Å². The summed E-state index contributed by atoms with van der Waals surface area (Å²) in [6, 6.07) is 7.65. The minimum absolute atomic E-state index is 0.871. The standard InChI is InChI=1S/C14H14N4O2S2/c1-9-3-5-11(21-9)7-15-17-13(19)14(20)18-16-8-12-6-4-10(2)22-12/h3-8H,1-2H3,(H,17,19)(H,18,20)/b15-7-,16-8-. The van der Waals surface area contributed by atoms with Gasteiger partial charge in [0.25, 0.3) is 0 Å². The molecule has 2 aromatic rings. The fraction of sp³-hybridized carbons (Fsp3) is 0.143. The molecule has 8 heteroatoms. The second kappa shape index (κ2) is 7.62. The first-order valence-electron chi connectivity index (χ1n) is 6.34. The molecule has 0 aliphatic carbocycles.